The topological polar surface area (TPSA) is 18.1 Å². The molecule has 0 amide bonds. The van der Waals surface area contributed by atoms with E-state index in [-0.39, 0.29) is 0 Å². The van der Waals surface area contributed by atoms with Crippen LogP contribution in [-0.4, -0.2) is 4.57 Å². The lowest BCUT2D eigenvalue weighted by Crippen LogP contribution is -1.93. The van der Waals surface area contributed by atoms with Gasteiger partial charge in [-0.05, 0) is 69.1 Å². The lowest BCUT2D eigenvalue weighted by atomic mass is 9.94. The van der Waals surface area contributed by atoms with Crippen LogP contribution in [0.1, 0.15) is 0 Å². The van der Waals surface area contributed by atoms with E-state index in [0.29, 0.717) is 0 Å². The molecule has 0 atom stereocenters. The van der Waals surface area contributed by atoms with Crippen molar-refractivity contribution in [2.24, 2.45) is 0 Å². The Morgan fingerprint density at radius 2 is 0.975 bits per heavy atom. The van der Waals surface area contributed by atoms with Gasteiger partial charge in [-0.2, -0.15) is 0 Å². The highest BCUT2D eigenvalue weighted by Crippen LogP contribution is 2.40. The van der Waals surface area contributed by atoms with Gasteiger partial charge in [0.2, 0.25) is 0 Å². The fourth-order valence-electron chi connectivity index (χ4n) is 6.66. The summed E-state index contributed by atoms with van der Waals surface area (Å²) in [4.78, 5) is 0. The number of fused-ring (bicyclic) bond motifs is 4. The molecule has 2 aromatic heterocycles. The lowest BCUT2D eigenvalue weighted by molar-refractivity contribution is 0.664. The van der Waals surface area contributed by atoms with Crippen LogP contribution in [0.25, 0.3) is 82.1 Å². The second kappa shape index (κ2) is 8.08. The Hall–Kier alpha value is -5.34. The van der Waals surface area contributed by atoms with E-state index in [2.05, 4.69) is 144 Å². The van der Waals surface area contributed by atoms with Crippen molar-refractivity contribution in [3.05, 3.63) is 140 Å². The Morgan fingerprint density at radius 1 is 0.400 bits per heavy atom. The molecule has 2 heteroatoms. The quantitative estimate of drug-likeness (QED) is 0.227. The minimum atomic E-state index is 0.903. The highest BCUT2D eigenvalue weighted by molar-refractivity contribution is 6.24. The van der Waals surface area contributed by atoms with E-state index in [1.807, 2.05) is 0 Å². The summed E-state index contributed by atoms with van der Waals surface area (Å²) < 4.78 is 8.95. The zero-order valence-corrected chi connectivity index (χ0v) is 21.6. The summed E-state index contributed by atoms with van der Waals surface area (Å²) in [6.45, 7) is 0. The number of para-hydroxylation sites is 2. The van der Waals surface area contributed by atoms with Crippen molar-refractivity contribution in [2.45, 2.75) is 0 Å². The summed E-state index contributed by atoms with van der Waals surface area (Å²) in [6, 6.07) is 50.0. The maximum atomic E-state index is 6.58. The molecule has 7 aromatic carbocycles. The molecule has 0 aliphatic rings. The molecule has 0 radical (unpaired) electrons. The van der Waals surface area contributed by atoms with E-state index >= 15 is 0 Å². The van der Waals surface area contributed by atoms with Crippen LogP contribution in [0.5, 0.6) is 0 Å². The van der Waals surface area contributed by atoms with Crippen LogP contribution in [0.4, 0.5) is 0 Å². The van der Waals surface area contributed by atoms with Gasteiger partial charge in [0.05, 0.1) is 11.0 Å². The van der Waals surface area contributed by atoms with Gasteiger partial charge >= 0.3 is 0 Å². The number of rotatable bonds is 2. The van der Waals surface area contributed by atoms with Crippen LogP contribution in [-0.2, 0) is 0 Å². The summed E-state index contributed by atoms with van der Waals surface area (Å²) in [6.07, 6.45) is 0. The van der Waals surface area contributed by atoms with Crippen molar-refractivity contribution in [3.63, 3.8) is 0 Å². The molecule has 40 heavy (non-hydrogen) atoms. The smallest absolute Gasteiger partial charge is 0.135 e. The van der Waals surface area contributed by atoms with Crippen LogP contribution in [0.3, 0.4) is 0 Å². The molecule has 0 saturated carbocycles. The molecule has 0 aliphatic carbocycles. The standard InChI is InChI=1S/C38H23NO/c1-3-15-33-28(10-1)29-11-2-4-16-34(29)39(33)26-20-18-24(19-21-26)27-22-23-36-38-30(27)13-7-14-32(38)31-12-5-8-25-9-6-17-35(40-36)37(25)31/h1-23H. The minimum Gasteiger partial charge on any atom is -0.456 e. The van der Waals surface area contributed by atoms with E-state index in [0.717, 1.165) is 22.2 Å². The molecular weight excluding hydrogens is 486 g/mol. The Bertz CT molecular complexity index is 2360. The maximum absolute atomic E-state index is 6.58. The molecule has 0 N–H and O–H groups in total. The average Bonchev–Trinajstić information content (AvgIpc) is 3.27. The third kappa shape index (κ3) is 2.93. The number of hydrogen-bond donors (Lipinski definition) is 0. The van der Waals surface area contributed by atoms with Crippen molar-refractivity contribution in [1.82, 2.24) is 4.57 Å². The van der Waals surface area contributed by atoms with Crippen molar-refractivity contribution in [3.8, 4) is 16.8 Å². The SMILES string of the molecule is c1cc2cccc3c4cccc5c(-c6ccc(-n7c8ccccc8c8ccccc87)cc6)ccc(oc(c1)c23)c54. The highest BCUT2D eigenvalue weighted by Gasteiger charge is 2.15. The van der Waals surface area contributed by atoms with Gasteiger partial charge in [-0.15, -0.1) is 0 Å². The maximum Gasteiger partial charge on any atom is 0.135 e. The van der Waals surface area contributed by atoms with Gasteiger partial charge in [-0.3, -0.25) is 0 Å². The van der Waals surface area contributed by atoms with E-state index in [4.69, 9.17) is 4.42 Å². The fraction of sp³-hybridized carbons (Fsp3) is 0. The van der Waals surface area contributed by atoms with Crippen LogP contribution >= 0.6 is 0 Å². The van der Waals surface area contributed by atoms with E-state index in [1.54, 1.807) is 0 Å². The fourth-order valence-corrected chi connectivity index (χ4v) is 6.66. The van der Waals surface area contributed by atoms with Crippen molar-refractivity contribution >= 4 is 65.3 Å². The van der Waals surface area contributed by atoms with Gasteiger partial charge in [-0.25, -0.2) is 0 Å². The highest BCUT2D eigenvalue weighted by atomic mass is 16.3. The van der Waals surface area contributed by atoms with E-state index < -0.39 is 0 Å². The first-order valence-corrected chi connectivity index (χ1v) is 13.7. The second-order valence-corrected chi connectivity index (χ2v) is 10.5. The third-order valence-electron chi connectivity index (χ3n) is 8.40. The molecule has 9 aromatic rings. The van der Waals surface area contributed by atoms with Gasteiger partial charge in [0.25, 0.3) is 0 Å². The normalized spacial score (nSPS) is 12.0. The first kappa shape index (κ1) is 21.6. The van der Waals surface area contributed by atoms with Crippen LogP contribution in [0, 0.1) is 0 Å². The third-order valence-corrected chi connectivity index (χ3v) is 8.40. The van der Waals surface area contributed by atoms with E-state index in [9.17, 15) is 0 Å². The van der Waals surface area contributed by atoms with Gasteiger partial charge in [0, 0.05) is 27.2 Å². The molecule has 0 unspecified atom stereocenters. The van der Waals surface area contributed by atoms with Gasteiger partial charge in [-0.1, -0.05) is 103 Å². The molecule has 0 saturated heterocycles. The zero-order chi connectivity index (χ0) is 26.2. The molecule has 0 fully saturated rings. The van der Waals surface area contributed by atoms with Crippen molar-refractivity contribution < 1.29 is 4.42 Å². The molecule has 186 valence electrons. The van der Waals surface area contributed by atoms with Crippen LogP contribution in [0.15, 0.2) is 144 Å². The first-order chi connectivity index (χ1) is 19.8. The van der Waals surface area contributed by atoms with Crippen molar-refractivity contribution in [2.75, 3.05) is 0 Å². The molecular formula is C38H23NO. The minimum absolute atomic E-state index is 0.903. The number of aromatic nitrogens is 1. The molecule has 0 aliphatic heterocycles. The second-order valence-electron chi connectivity index (χ2n) is 10.5. The number of hydrogen-bond acceptors (Lipinski definition) is 1. The summed E-state index contributed by atoms with van der Waals surface area (Å²) in [5, 5.41) is 9.71. The molecule has 2 nitrogen and oxygen atoms in total. The Labute approximate surface area is 230 Å². The number of benzene rings is 7. The van der Waals surface area contributed by atoms with E-state index in [1.165, 1.54) is 59.9 Å². The summed E-state index contributed by atoms with van der Waals surface area (Å²) in [7, 11) is 0. The molecule has 2 heterocycles. The predicted octanol–water partition coefficient (Wildman–Crippen LogP) is 10.7. The first-order valence-electron chi connectivity index (χ1n) is 13.7. The summed E-state index contributed by atoms with van der Waals surface area (Å²) in [5.41, 5.74) is 7.81. The Balaban J connectivity index is 1.28. The summed E-state index contributed by atoms with van der Waals surface area (Å²) >= 11 is 0. The monoisotopic (exact) mass is 509 g/mol. The molecule has 9 rings (SSSR count). The lowest BCUT2D eigenvalue weighted by Gasteiger charge is -2.12. The van der Waals surface area contributed by atoms with Crippen LogP contribution in [0.2, 0.25) is 0 Å². The predicted molar refractivity (Wildman–Crippen MR) is 169 cm³/mol. The Morgan fingerprint density at radius 3 is 1.73 bits per heavy atom. The van der Waals surface area contributed by atoms with Gasteiger partial charge in [0.1, 0.15) is 11.2 Å². The average molecular weight is 510 g/mol. The van der Waals surface area contributed by atoms with Gasteiger partial charge < -0.3 is 8.98 Å². The van der Waals surface area contributed by atoms with Crippen LogP contribution < -0.4 is 0 Å². The molecule has 0 spiro atoms. The number of nitrogens with zero attached hydrogens (tertiary/aromatic N) is 1. The zero-order valence-electron chi connectivity index (χ0n) is 21.6. The van der Waals surface area contributed by atoms with Gasteiger partial charge in [0.15, 0.2) is 0 Å². The molecule has 0 bridgehead atoms. The Kier molecular flexibility index (Phi) is 4.36. The van der Waals surface area contributed by atoms with Crippen molar-refractivity contribution in [1.29, 1.82) is 0 Å². The summed E-state index contributed by atoms with van der Waals surface area (Å²) in [5.74, 6) is 0. The largest absolute Gasteiger partial charge is 0.456 e.